The third kappa shape index (κ3) is 2.17. The molecular formula is C14H18N2. The molecule has 2 nitrogen and oxygen atoms in total. The molecule has 0 aliphatic carbocycles. The van der Waals surface area contributed by atoms with Crippen LogP contribution in [-0.2, 0) is 0 Å². The van der Waals surface area contributed by atoms with Gasteiger partial charge in [0.05, 0.1) is 5.69 Å². The normalized spacial score (nSPS) is 10.6. The van der Waals surface area contributed by atoms with Gasteiger partial charge in [-0.15, -0.1) is 0 Å². The number of fused-ring (bicyclic) bond motifs is 1. The predicted octanol–water partition coefficient (Wildman–Crippen LogP) is 3.32. The van der Waals surface area contributed by atoms with E-state index in [0.29, 0.717) is 0 Å². The molecule has 2 aromatic carbocycles. The Morgan fingerprint density at radius 2 is 1.81 bits per heavy atom. The molecule has 0 bridgehead atoms. The Hall–Kier alpha value is -1.54. The van der Waals surface area contributed by atoms with Crippen molar-refractivity contribution >= 4 is 16.5 Å². The van der Waals surface area contributed by atoms with Crippen molar-refractivity contribution in [2.75, 3.05) is 11.6 Å². The fraction of sp³-hybridized carbons (Fsp3) is 0.286. The van der Waals surface area contributed by atoms with Crippen LogP contribution in [0.3, 0.4) is 0 Å². The summed E-state index contributed by atoms with van der Waals surface area (Å²) in [7, 11) is 0. The van der Waals surface area contributed by atoms with Crippen LogP contribution in [0.25, 0.3) is 10.8 Å². The van der Waals surface area contributed by atoms with E-state index in [4.69, 9.17) is 5.84 Å². The second-order valence-electron chi connectivity index (χ2n) is 4.05. The summed E-state index contributed by atoms with van der Waals surface area (Å²) in [5, 5.41) is 4.32. The molecule has 0 fully saturated rings. The zero-order valence-electron chi connectivity index (χ0n) is 9.69. The van der Waals surface area contributed by atoms with Crippen LogP contribution in [0.4, 0.5) is 5.69 Å². The maximum atomic E-state index is 6.08. The zero-order valence-corrected chi connectivity index (χ0v) is 9.69. The lowest BCUT2D eigenvalue weighted by molar-refractivity contribution is 0.740. The maximum Gasteiger partial charge on any atom is 0.0595 e. The molecule has 16 heavy (non-hydrogen) atoms. The summed E-state index contributed by atoms with van der Waals surface area (Å²) in [4.78, 5) is 0. The maximum absolute atomic E-state index is 6.08. The Labute approximate surface area is 96.6 Å². The molecule has 0 atom stereocenters. The summed E-state index contributed by atoms with van der Waals surface area (Å²) < 4.78 is 0. The lowest BCUT2D eigenvalue weighted by Crippen LogP contribution is -2.31. The van der Waals surface area contributed by atoms with Gasteiger partial charge in [-0.25, -0.2) is 5.84 Å². The van der Waals surface area contributed by atoms with Crippen LogP contribution >= 0.6 is 0 Å². The van der Waals surface area contributed by atoms with E-state index < -0.39 is 0 Å². The standard InChI is InChI=1S/C14H18N2/c1-2-3-11-16(15)14-10-6-8-12-7-4-5-9-13(12)14/h4-10H,2-3,11,15H2,1H3. The number of unbranched alkanes of at least 4 members (excludes halogenated alkanes) is 1. The number of nitrogens with zero attached hydrogens (tertiary/aromatic N) is 1. The van der Waals surface area contributed by atoms with Crippen molar-refractivity contribution in [2.24, 2.45) is 5.84 Å². The highest BCUT2D eigenvalue weighted by Crippen LogP contribution is 2.24. The van der Waals surface area contributed by atoms with Crippen LogP contribution in [0.5, 0.6) is 0 Å². The quantitative estimate of drug-likeness (QED) is 0.625. The first-order chi connectivity index (χ1) is 7.83. The summed E-state index contributed by atoms with van der Waals surface area (Å²) in [6.45, 7) is 3.08. The smallest absolute Gasteiger partial charge is 0.0595 e. The van der Waals surface area contributed by atoms with Gasteiger partial charge in [0.15, 0.2) is 0 Å². The Morgan fingerprint density at radius 3 is 2.62 bits per heavy atom. The van der Waals surface area contributed by atoms with Gasteiger partial charge in [0.1, 0.15) is 0 Å². The van der Waals surface area contributed by atoms with Gasteiger partial charge in [-0.1, -0.05) is 49.7 Å². The molecule has 0 aliphatic rings. The molecule has 84 valence electrons. The van der Waals surface area contributed by atoms with Crippen LogP contribution < -0.4 is 10.9 Å². The summed E-state index contributed by atoms with van der Waals surface area (Å²) in [5.41, 5.74) is 1.12. The third-order valence-corrected chi connectivity index (χ3v) is 2.83. The molecule has 2 aromatic rings. The molecule has 0 unspecified atom stereocenters. The summed E-state index contributed by atoms with van der Waals surface area (Å²) in [6.07, 6.45) is 2.29. The second-order valence-corrected chi connectivity index (χ2v) is 4.05. The molecule has 0 saturated carbocycles. The van der Waals surface area contributed by atoms with Crippen molar-refractivity contribution in [3.63, 3.8) is 0 Å². The minimum absolute atomic E-state index is 0.907. The first-order valence-electron chi connectivity index (χ1n) is 5.83. The summed E-state index contributed by atoms with van der Waals surface area (Å²) >= 11 is 0. The zero-order chi connectivity index (χ0) is 11.4. The van der Waals surface area contributed by atoms with Gasteiger partial charge < -0.3 is 5.01 Å². The summed E-state index contributed by atoms with van der Waals surface area (Å²) in [5.74, 6) is 6.08. The highest BCUT2D eigenvalue weighted by molar-refractivity contribution is 5.94. The van der Waals surface area contributed by atoms with Crippen molar-refractivity contribution in [1.82, 2.24) is 0 Å². The van der Waals surface area contributed by atoms with E-state index in [2.05, 4.69) is 49.4 Å². The van der Waals surface area contributed by atoms with Gasteiger partial charge in [-0.3, -0.25) is 0 Å². The van der Waals surface area contributed by atoms with E-state index >= 15 is 0 Å². The number of hydrazine groups is 1. The van der Waals surface area contributed by atoms with Crippen LogP contribution in [0.2, 0.25) is 0 Å². The molecule has 2 rings (SSSR count). The molecule has 0 aliphatic heterocycles. The van der Waals surface area contributed by atoms with E-state index in [-0.39, 0.29) is 0 Å². The van der Waals surface area contributed by atoms with E-state index in [0.717, 1.165) is 18.7 Å². The minimum Gasteiger partial charge on any atom is -0.310 e. The third-order valence-electron chi connectivity index (χ3n) is 2.83. The van der Waals surface area contributed by atoms with Crippen LogP contribution in [0.1, 0.15) is 19.8 Å². The Balaban J connectivity index is 2.36. The molecule has 2 N–H and O–H groups in total. The van der Waals surface area contributed by atoms with Crippen LogP contribution in [0.15, 0.2) is 42.5 Å². The van der Waals surface area contributed by atoms with Gasteiger partial charge in [0.25, 0.3) is 0 Å². The largest absolute Gasteiger partial charge is 0.310 e. The molecule has 0 aromatic heterocycles. The lowest BCUT2D eigenvalue weighted by atomic mass is 10.1. The van der Waals surface area contributed by atoms with Crippen molar-refractivity contribution in [3.8, 4) is 0 Å². The molecule has 2 heteroatoms. The second kappa shape index (κ2) is 4.99. The minimum atomic E-state index is 0.907. The number of hydrogen-bond donors (Lipinski definition) is 1. The molecule has 0 amide bonds. The number of benzene rings is 2. The van der Waals surface area contributed by atoms with Gasteiger partial charge in [-0.2, -0.15) is 0 Å². The van der Waals surface area contributed by atoms with Crippen molar-refractivity contribution in [2.45, 2.75) is 19.8 Å². The van der Waals surface area contributed by atoms with Crippen LogP contribution in [-0.4, -0.2) is 6.54 Å². The first kappa shape index (κ1) is 11.0. The number of anilines is 1. The highest BCUT2D eigenvalue weighted by Gasteiger charge is 2.04. The summed E-state index contributed by atoms with van der Waals surface area (Å²) in [6, 6.07) is 14.6. The monoisotopic (exact) mass is 214 g/mol. The van der Waals surface area contributed by atoms with Gasteiger partial charge in [0.2, 0.25) is 0 Å². The fourth-order valence-corrected chi connectivity index (χ4v) is 1.91. The Morgan fingerprint density at radius 1 is 1.06 bits per heavy atom. The van der Waals surface area contributed by atoms with E-state index in [1.54, 1.807) is 0 Å². The first-order valence-corrected chi connectivity index (χ1v) is 5.83. The average molecular weight is 214 g/mol. The Kier molecular flexibility index (Phi) is 3.42. The van der Waals surface area contributed by atoms with Gasteiger partial charge >= 0.3 is 0 Å². The fourth-order valence-electron chi connectivity index (χ4n) is 1.91. The highest BCUT2D eigenvalue weighted by atomic mass is 15.4. The number of rotatable bonds is 4. The Bertz CT molecular complexity index is 460. The molecule has 0 saturated heterocycles. The molecular weight excluding hydrogens is 196 g/mol. The van der Waals surface area contributed by atoms with Crippen molar-refractivity contribution in [1.29, 1.82) is 0 Å². The van der Waals surface area contributed by atoms with E-state index in [1.807, 2.05) is 5.01 Å². The molecule has 0 spiro atoms. The number of nitrogens with two attached hydrogens (primary N) is 1. The SMILES string of the molecule is CCCCN(N)c1cccc2ccccc12. The van der Waals surface area contributed by atoms with Crippen molar-refractivity contribution < 1.29 is 0 Å². The van der Waals surface area contributed by atoms with Gasteiger partial charge in [-0.05, 0) is 17.9 Å². The average Bonchev–Trinajstić information content (AvgIpc) is 2.35. The number of hydrogen-bond acceptors (Lipinski definition) is 2. The van der Waals surface area contributed by atoms with Crippen molar-refractivity contribution in [3.05, 3.63) is 42.5 Å². The topological polar surface area (TPSA) is 29.3 Å². The van der Waals surface area contributed by atoms with Crippen LogP contribution in [0, 0.1) is 0 Å². The predicted molar refractivity (Wildman–Crippen MR) is 70.4 cm³/mol. The molecule has 0 radical (unpaired) electrons. The van der Waals surface area contributed by atoms with E-state index in [1.165, 1.54) is 17.2 Å². The lowest BCUT2D eigenvalue weighted by Gasteiger charge is -2.20. The molecule has 0 heterocycles. The van der Waals surface area contributed by atoms with Gasteiger partial charge in [0, 0.05) is 11.9 Å². The van der Waals surface area contributed by atoms with E-state index in [9.17, 15) is 0 Å².